The van der Waals surface area contributed by atoms with Crippen molar-refractivity contribution in [2.24, 2.45) is 17.8 Å². The fraction of sp³-hybridized carbons (Fsp3) is 0.833. The summed E-state index contributed by atoms with van der Waals surface area (Å²) >= 11 is -3.85. The summed E-state index contributed by atoms with van der Waals surface area (Å²) in [6.45, 7) is 0. The van der Waals surface area contributed by atoms with Gasteiger partial charge in [0, 0.05) is 22.9 Å². The molecule has 0 aromatic carbocycles. The molecule has 20 heavy (non-hydrogen) atoms. The van der Waals surface area contributed by atoms with Crippen LogP contribution in [0.25, 0.3) is 0 Å². The zero-order chi connectivity index (χ0) is 14.7. The maximum absolute atomic E-state index is 13.1. The highest BCUT2D eigenvalue weighted by molar-refractivity contribution is 7.81. The first-order valence-electron chi connectivity index (χ1n) is 6.48. The van der Waals surface area contributed by atoms with Crippen LogP contribution in [0.4, 0.5) is 8.78 Å². The van der Waals surface area contributed by atoms with E-state index in [1.165, 1.54) is 0 Å². The Kier molecular flexibility index (Phi) is 3.02. The van der Waals surface area contributed by atoms with Crippen LogP contribution in [-0.4, -0.2) is 31.4 Å². The van der Waals surface area contributed by atoms with E-state index in [1.807, 2.05) is 0 Å². The van der Waals surface area contributed by atoms with E-state index < -0.39 is 27.9 Å². The van der Waals surface area contributed by atoms with Gasteiger partial charge in [-0.2, -0.15) is 8.78 Å². The Morgan fingerprint density at radius 2 is 1.85 bits per heavy atom. The number of esters is 1. The van der Waals surface area contributed by atoms with Crippen LogP contribution in [0.3, 0.4) is 0 Å². The maximum Gasteiger partial charge on any atom is 0.404 e. The predicted octanol–water partition coefficient (Wildman–Crippen LogP) is 1.15. The minimum absolute atomic E-state index is 0.131. The van der Waals surface area contributed by atoms with E-state index in [0.717, 1.165) is 12.8 Å². The molecule has 8 heteroatoms. The molecule has 0 spiro atoms. The maximum atomic E-state index is 13.1. The van der Waals surface area contributed by atoms with Crippen LogP contribution in [0.15, 0.2) is 0 Å². The zero-order valence-electron chi connectivity index (χ0n) is 10.5. The number of ether oxygens (including phenoxy) is 1. The van der Waals surface area contributed by atoms with E-state index in [4.69, 9.17) is 4.74 Å². The number of alkyl halides is 2. The Bertz CT molecular complexity index is 488. The lowest BCUT2D eigenvalue weighted by Gasteiger charge is -2.54. The largest absolute Gasteiger partial charge is 0.767 e. The number of carbonyl (C=O) groups is 2. The van der Waals surface area contributed by atoms with Crippen molar-refractivity contribution in [3.05, 3.63) is 0 Å². The lowest BCUT2D eigenvalue weighted by molar-refractivity contribution is -0.201. The third-order valence-corrected chi connectivity index (χ3v) is 5.28. The third-order valence-electron chi connectivity index (χ3n) is 4.69. The number of halogens is 2. The van der Waals surface area contributed by atoms with E-state index in [0.29, 0.717) is 6.42 Å². The topological polar surface area (TPSA) is 83.5 Å². The van der Waals surface area contributed by atoms with Crippen LogP contribution in [0.1, 0.15) is 32.1 Å². The lowest BCUT2D eigenvalue weighted by atomic mass is 9.53. The molecule has 0 aliphatic heterocycles. The molecule has 4 fully saturated rings. The quantitative estimate of drug-likeness (QED) is 0.577. The molecule has 0 N–H and O–H groups in total. The number of rotatable bonds is 3. The first kappa shape index (κ1) is 14.1. The van der Waals surface area contributed by atoms with Crippen LogP contribution in [0.2, 0.25) is 0 Å². The van der Waals surface area contributed by atoms with Crippen LogP contribution in [-0.2, 0) is 25.4 Å². The van der Waals surface area contributed by atoms with Gasteiger partial charge >= 0.3 is 11.2 Å². The molecule has 5 nitrogen and oxygen atoms in total. The molecule has 4 rings (SSSR count). The highest BCUT2D eigenvalue weighted by Crippen LogP contribution is 2.55. The van der Waals surface area contributed by atoms with E-state index in [2.05, 4.69) is 0 Å². The van der Waals surface area contributed by atoms with Crippen LogP contribution < -0.4 is 0 Å². The molecule has 4 bridgehead atoms. The van der Waals surface area contributed by atoms with E-state index in [1.54, 1.807) is 0 Å². The van der Waals surface area contributed by atoms with Crippen molar-refractivity contribution in [3.8, 4) is 0 Å². The summed E-state index contributed by atoms with van der Waals surface area (Å²) in [5, 5.41) is -4.53. The molecule has 0 heterocycles. The van der Waals surface area contributed by atoms with Crippen molar-refractivity contribution in [3.63, 3.8) is 0 Å². The van der Waals surface area contributed by atoms with Gasteiger partial charge in [-0.05, 0) is 38.0 Å². The van der Waals surface area contributed by atoms with E-state index >= 15 is 0 Å². The fourth-order valence-corrected chi connectivity index (χ4v) is 4.30. The summed E-state index contributed by atoms with van der Waals surface area (Å²) in [5.74, 6) is -2.17. The normalized spacial score (nSPS) is 40.8. The molecule has 0 aromatic rings. The van der Waals surface area contributed by atoms with Gasteiger partial charge in [0.25, 0.3) is 0 Å². The van der Waals surface area contributed by atoms with Crippen molar-refractivity contribution in [1.29, 1.82) is 0 Å². The first-order valence-corrected chi connectivity index (χ1v) is 7.55. The molecule has 4 aliphatic rings. The van der Waals surface area contributed by atoms with Crippen LogP contribution in [0.5, 0.6) is 0 Å². The molecular weight excluding hydrogens is 294 g/mol. The highest BCUT2D eigenvalue weighted by Gasteiger charge is 2.59. The first-order chi connectivity index (χ1) is 9.23. The standard InChI is InChI=1S/C12H14F2O5S/c13-12(14,20(17)18)10(16)19-11-3-6-1-7(4-11)9(15)8(2-6)5-11/h6-8H,1-5H2,(H,17,18)/p-1. The average Bonchev–Trinajstić information content (AvgIpc) is 2.34. The number of hydrogen-bond donors (Lipinski definition) is 0. The Morgan fingerprint density at radius 3 is 2.35 bits per heavy atom. The number of hydrogen-bond acceptors (Lipinski definition) is 5. The van der Waals surface area contributed by atoms with Crippen LogP contribution in [0, 0.1) is 17.8 Å². The monoisotopic (exact) mass is 307 g/mol. The highest BCUT2D eigenvalue weighted by atomic mass is 32.2. The van der Waals surface area contributed by atoms with Crippen molar-refractivity contribution >= 4 is 22.8 Å². The number of carbonyl (C=O) groups excluding carboxylic acids is 2. The van der Waals surface area contributed by atoms with Gasteiger partial charge in [0.1, 0.15) is 11.4 Å². The lowest BCUT2D eigenvalue weighted by Crippen LogP contribution is -2.58. The SMILES string of the molecule is O=C1C2CC3CC1CC(OC(=O)C(F)(F)S(=O)[O-])(C3)C2. The third kappa shape index (κ3) is 2.00. The van der Waals surface area contributed by atoms with Gasteiger partial charge in [0.15, 0.2) is 0 Å². The number of Topliss-reactive ketones (excluding diaryl/α,β-unsaturated/α-hetero) is 1. The fourth-order valence-electron chi connectivity index (χ4n) is 4.12. The van der Waals surface area contributed by atoms with Gasteiger partial charge in [0.2, 0.25) is 0 Å². The molecule has 4 saturated carbocycles. The molecule has 0 radical (unpaired) electrons. The molecule has 3 atom stereocenters. The average molecular weight is 307 g/mol. The summed E-state index contributed by atoms with van der Waals surface area (Å²) in [4.78, 5) is 23.3. The Balaban J connectivity index is 1.80. The molecule has 4 aliphatic carbocycles. The van der Waals surface area contributed by atoms with Crippen molar-refractivity contribution < 1.29 is 31.9 Å². The summed E-state index contributed by atoms with van der Waals surface area (Å²) < 4.78 is 52.0. The van der Waals surface area contributed by atoms with Crippen LogP contribution >= 0.6 is 0 Å². The van der Waals surface area contributed by atoms with Gasteiger partial charge in [-0.25, -0.2) is 4.79 Å². The molecule has 0 saturated heterocycles. The van der Waals surface area contributed by atoms with Crippen molar-refractivity contribution in [1.82, 2.24) is 0 Å². The zero-order valence-corrected chi connectivity index (χ0v) is 11.3. The summed E-state index contributed by atoms with van der Waals surface area (Å²) in [5.41, 5.74) is -1.08. The summed E-state index contributed by atoms with van der Waals surface area (Å²) in [7, 11) is 0. The van der Waals surface area contributed by atoms with Gasteiger partial charge in [0.05, 0.1) is 0 Å². The number of ketones is 1. The van der Waals surface area contributed by atoms with Crippen molar-refractivity contribution in [2.45, 2.75) is 43.0 Å². The molecule has 3 unspecified atom stereocenters. The van der Waals surface area contributed by atoms with Gasteiger partial charge in [-0.3, -0.25) is 9.00 Å². The second-order valence-corrected chi connectivity index (χ2v) is 7.05. The molecular formula is C12H13F2O5S-. The molecule has 0 amide bonds. The van der Waals surface area contributed by atoms with Gasteiger partial charge in [-0.1, -0.05) is 0 Å². The second kappa shape index (κ2) is 4.30. The van der Waals surface area contributed by atoms with E-state index in [9.17, 15) is 27.1 Å². The molecule has 0 aromatic heterocycles. The Labute approximate surface area is 116 Å². The Hall–Kier alpha value is -0.890. The predicted molar refractivity (Wildman–Crippen MR) is 61.3 cm³/mol. The van der Waals surface area contributed by atoms with E-state index in [-0.39, 0.29) is 36.4 Å². The second-order valence-electron chi connectivity index (χ2n) is 6.07. The smallest absolute Gasteiger partial charge is 0.404 e. The minimum atomic E-state index is -4.53. The molecule has 112 valence electrons. The minimum Gasteiger partial charge on any atom is -0.767 e. The summed E-state index contributed by atoms with van der Waals surface area (Å²) in [6.07, 6.45) is 2.37. The van der Waals surface area contributed by atoms with Gasteiger partial charge in [-0.15, -0.1) is 0 Å². The Morgan fingerprint density at radius 1 is 1.30 bits per heavy atom. The van der Waals surface area contributed by atoms with Crippen molar-refractivity contribution in [2.75, 3.05) is 0 Å². The van der Waals surface area contributed by atoms with Gasteiger partial charge < -0.3 is 9.29 Å². The summed E-state index contributed by atoms with van der Waals surface area (Å²) in [6, 6.07) is 0.